The summed E-state index contributed by atoms with van der Waals surface area (Å²) in [5.74, 6) is 0.975. The number of nitrogens with one attached hydrogen (secondary N) is 1. The SMILES string of the molecule is O=C(c1ccco1)C1CC12CCNCC2. The highest BCUT2D eigenvalue weighted by atomic mass is 16.3. The fraction of sp³-hybridized carbons (Fsp3) is 0.583. The van der Waals surface area contributed by atoms with Gasteiger partial charge in [-0.1, -0.05) is 0 Å². The Bertz CT molecular complexity index is 363. The summed E-state index contributed by atoms with van der Waals surface area (Å²) < 4.78 is 5.17. The minimum atomic E-state index is 0.210. The van der Waals surface area contributed by atoms with Gasteiger partial charge in [0.2, 0.25) is 5.78 Å². The molecule has 2 fully saturated rings. The Labute approximate surface area is 88.8 Å². The number of carbonyl (C=O) groups excluding carboxylic acids is 1. The molecule has 15 heavy (non-hydrogen) atoms. The Kier molecular flexibility index (Phi) is 1.96. The molecule has 1 aliphatic heterocycles. The minimum Gasteiger partial charge on any atom is -0.461 e. The maximum atomic E-state index is 12.0. The maximum Gasteiger partial charge on any atom is 0.201 e. The summed E-state index contributed by atoms with van der Waals surface area (Å²) in [5, 5.41) is 3.34. The summed E-state index contributed by atoms with van der Waals surface area (Å²) in [7, 11) is 0. The lowest BCUT2D eigenvalue weighted by Crippen LogP contribution is -2.30. The number of carbonyl (C=O) groups is 1. The van der Waals surface area contributed by atoms with Crippen LogP contribution in [0.4, 0.5) is 0 Å². The van der Waals surface area contributed by atoms with Gasteiger partial charge in [-0.2, -0.15) is 0 Å². The predicted molar refractivity (Wildman–Crippen MR) is 55.7 cm³/mol. The zero-order chi connectivity index (χ0) is 10.3. The standard InChI is InChI=1S/C12H15NO2/c14-11(10-2-1-7-15-10)9-8-12(9)3-5-13-6-4-12/h1-2,7,9,13H,3-6,8H2. The van der Waals surface area contributed by atoms with E-state index in [9.17, 15) is 4.79 Å². The largest absolute Gasteiger partial charge is 0.461 e. The maximum absolute atomic E-state index is 12.0. The van der Waals surface area contributed by atoms with Gasteiger partial charge in [-0.25, -0.2) is 0 Å². The van der Waals surface area contributed by atoms with E-state index in [0.29, 0.717) is 11.2 Å². The molecule has 1 aromatic rings. The van der Waals surface area contributed by atoms with Crippen LogP contribution in [0.15, 0.2) is 22.8 Å². The Morgan fingerprint density at radius 2 is 2.27 bits per heavy atom. The van der Waals surface area contributed by atoms with Crippen LogP contribution in [0.25, 0.3) is 0 Å². The van der Waals surface area contributed by atoms with Crippen LogP contribution in [0.2, 0.25) is 0 Å². The Hall–Kier alpha value is -1.09. The van der Waals surface area contributed by atoms with Crippen molar-refractivity contribution in [3.05, 3.63) is 24.2 Å². The quantitative estimate of drug-likeness (QED) is 0.749. The van der Waals surface area contributed by atoms with E-state index >= 15 is 0 Å². The van der Waals surface area contributed by atoms with Crippen LogP contribution >= 0.6 is 0 Å². The normalized spacial score (nSPS) is 27.9. The molecule has 2 aliphatic rings. The number of Topliss-reactive ketones (excluding diaryl/α,β-unsaturated/α-hetero) is 1. The number of furan rings is 1. The topological polar surface area (TPSA) is 42.2 Å². The van der Waals surface area contributed by atoms with Crippen molar-refractivity contribution < 1.29 is 9.21 Å². The lowest BCUT2D eigenvalue weighted by Gasteiger charge is -2.22. The van der Waals surface area contributed by atoms with Crippen LogP contribution in [0.1, 0.15) is 29.8 Å². The first-order valence-electron chi connectivity index (χ1n) is 5.60. The molecule has 1 aromatic heterocycles. The van der Waals surface area contributed by atoms with E-state index in [4.69, 9.17) is 4.42 Å². The molecule has 3 heteroatoms. The second-order valence-electron chi connectivity index (χ2n) is 4.71. The second kappa shape index (κ2) is 3.20. The third-order valence-electron chi connectivity index (χ3n) is 3.87. The molecule has 1 N–H and O–H groups in total. The Morgan fingerprint density at radius 3 is 2.93 bits per heavy atom. The Balaban J connectivity index is 1.73. The van der Waals surface area contributed by atoms with Crippen LogP contribution in [0, 0.1) is 11.3 Å². The molecule has 3 rings (SSSR count). The summed E-state index contributed by atoms with van der Waals surface area (Å²) in [6.07, 6.45) is 4.92. The van der Waals surface area contributed by atoms with Gasteiger partial charge < -0.3 is 9.73 Å². The van der Waals surface area contributed by atoms with Crippen LogP contribution in [-0.2, 0) is 0 Å². The van der Waals surface area contributed by atoms with Crippen LogP contribution in [0.5, 0.6) is 0 Å². The molecule has 3 nitrogen and oxygen atoms in total. The molecule has 0 radical (unpaired) electrons. The van der Waals surface area contributed by atoms with E-state index in [1.165, 1.54) is 0 Å². The summed E-state index contributed by atoms with van der Waals surface area (Å²) >= 11 is 0. The first-order valence-corrected chi connectivity index (χ1v) is 5.60. The second-order valence-corrected chi connectivity index (χ2v) is 4.71. The highest BCUT2D eigenvalue weighted by Crippen LogP contribution is 2.59. The average Bonchev–Trinajstić information content (AvgIpc) is 2.76. The van der Waals surface area contributed by atoms with Crippen molar-refractivity contribution in [2.45, 2.75) is 19.3 Å². The lowest BCUT2D eigenvalue weighted by molar-refractivity contribution is 0.0913. The molecule has 1 atom stereocenters. The van der Waals surface area contributed by atoms with Crippen molar-refractivity contribution >= 4 is 5.78 Å². The predicted octanol–water partition coefficient (Wildman–Crippen LogP) is 1.85. The van der Waals surface area contributed by atoms with Gasteiger partial charge in [-0.3, -0.25) is 4.79 Å². The van der Waals surface area contributed by atoms with Crippen molar-refractivity contribution in [3.8, 4) is 0 Å². The monoisotopic (exact) mass is 205 g/mol. The van der Waals surface area contributed by atoms with E-state index in [2.05, 4.69) is 5.32 Å². The summed E-state index contributed by atoms with van der Waals surface area (Å²) in [6, 6.07) is 3.56. The van der Waals surface area contributed by atoms with Crippen LogP contribution in [-0.4, -0.2) is 18.9 Å². The fourth-order valence-electron chi connectivity index (χ4n) is 2.79. The molecule has 0 bridgehead atoms. The smallest absolute Gasteiger partial charge is 0.201 e. The third-order valence-corrected chi connectivity index (χ3v) is 3.87. The van der Waals surface area contributed by atoms with E-state index in [-0.39, 0.29) is 11.7 Å². The molecule has 80 valence electrons. The molecule has 0 aromatic carbocycles. The van der Waals surface area contributed by atoms with E-state index in [1.807, 2.05) is 0 Å². The molecule has 1 unspecified atom stereocenters. The molecular weight excluding hydrogens is 190 g/mol. The molecular formula is C12H15NO2. The van der Waals surface area contributed by atoms with Crippen molar-refractivity contribution in [2.75, 3.05) is 13.1 Å². The number of piperidine rings is 1. The Morgan fingerprint density at radius 1 is 1.47 bits per heavy atom. The van der Waals surface area contributed by atoms with Gasteiger partial charge in [0.1, 0.15) is 0 Å². The molecule has 1 aliphatic carbocycles. The number of hydrogen-bond donors (Lipinski definition) is 1. The van der Waals surface area contributed by atoms with Gasteiger partial charge in [-0.05, 0) is 49.9 Å². The highest BCUT2D eigenvalue weighted by Gasteiger charge is 2.58. The van der Waals surface area contributed by atoms with Crippen molar-refractivity contribution in [3.63, 3.8) is 0 Å². The van der Waals surface area contributed by atoms with Gasteiger partial charge in [-0.15, -0.1) is 0 Å². The van der Waals surface area contributed by atoms with Gasteiger partial charge >= 0.3 is 0 Å². The van der Waals surface area contributed by atoms with Crippen LogP contribution in [0.3, 0.4) is 0 Å². The minimum absolute atomic E-state index is 0.210. The van der Waals surface area contributed by atoms with Gasteiger partial charge in [0.25, 0.3) is 0 Å². The van der Waals surface area contributed by atoms with Crippen LogP contribution < -0.4 is 5.32 Å². The first-order chi connectivity index (χ1) is 7.32. The molecule has 1 saturated heterocycles. The van der Waals surface area contributed by atoms with Crippen molar-refractivity contribution in [1.82, 2.24) is 5.32 Å². The molecule has 0 amide bonds. The van der Waals surface area contributed by atoms with Crippen molar-refractivity contribution in [2.24, 2.45) is 11.3 Å². The number of hydrogen-bond acceptors (Lipinski definition) is 3. The summed E-state index contributed by atoms with van der Waals surface area (Å²) in [4.78, 5) is 12.0. The summed E-state index contributed by atoms with van der Waals surface area (Å²) in [6.45, 7) is 2.11. The zero-order valence-corrected chi connectivity index (χ0v) is 8.66. The van der Waals surface area contributed by atoms with E-state index in [1.54, 1.807) is 18.4 Å². The summed E-state index contributed by atoms with van der Waals surface area (Å²) in [5.41, 5.74) is 0.315. The van der Waals surface area contributed by atoms with Crippen molar-refractivity contribution in [1.29, 1.82) is 0 Å². The highest BCUT2D eigenvalue weighted by molar-refractivity contribution is 5.97. The molecule has 2 heterocycles. The van der Waals surface area contributed by atoms with E-state index < -0.39 is 0 Å². The molecule has 1 saturated carbocycles. The fourth-order valence-corrected chi connectivity index (χ4v) is 2.79. The average molecular weight is 205 g/mol. The van der Waals surface area contributed by atoms with E-state index in [0.717, 1.165) is 32.4 Å². The van der Waals surface area contributed by atoms with Gasteiger partial charge in [0.15, 0.2) is 5.76 Å². The number of ketones is 1. The third kappa shape index (κ3) is 1.42. The van der Waals surface area contributed by atoms with Gasteiger partial charge in [0, 0.05) is 5.92 Å². The number of rotatable bonds is 2. The van der Waals surface area contributed by atoms with Gasteiger partial charge in [0.05, 0.1) is 6.26 Å². The first kappa shape index (κ1) is 9.16. The zero-order valence-electron chi connectivity index (χ0n) is 8.66. The lowest BCUT2D eigenvalue weighted by atomic mass is 9.90. The molecule has 1 spiro atoms.